The van der Waals surface area contributed by atoms with Crippen molar-refractivity contribution in [2.24, 2.45) is 10.2 Å². The summed E-state index contributed by atoms with van der Waals surface area (Å²) in [4.78, 5) is 4.05. The zero-order chi connectivity index (χ0) is 20.3. The van der Waals surface area contributed by atoms with Crippen molar-refractivity contribution < 1.29 is 13.5 Å². The summed E-state index contributed by atoms with van der Waals surface area (Å²) in [6.07, 6.45) is 1.51. The second kappa shape index (κ2) is 7.69. The Hall–Kier alpha value is -3.78. The normalized spacial score (nSPS) is 11.7. The van der Waals surface area contributed by atoms with Crippen LogP contribution in [0.2, 0.25) is 0 Å². The predicted molar refractivity (Wildman–Crippen MR) is 111 cm³/mol. The van der Waals surface area contributed by atoms with E-state index in [0.717, 1.165) is 5.39 Å². The number of hydrogen-bond acceptors (Lipinski definition) is 6. The number of pyridine rings is 1. The number of aromatic nitrogens is 1. The average molecular weight is 404 g/mol. The van der Waals surface area contributed by atoms with Crippen LogP contribution >= 0.6 is 0 Å². The summed E-state index contributed by atoms with van der Waals surface area (Å²) in [6.45, 7) is 0. The van der Waals surface area contributed by atoms with E-state index in [2.05, 4.69) is 19.9 Å². The maximum atomic E-state index is 12.4. The first-order valence-corrected chi connectivity index (χ1v) is 10.2. The van der Waals surface area contributed by atoms with Gasteiger partial charge in [-0.3, -0.25) is 4.72 Å². The number of phenolic OH excluding ortho intramolecular Hbond substituents is 1. The maximum absolute atomic E-state index is 12.4. The molecule has 4 rings (SSSR count). The molecule has 144 valence electrons. The minimum Gasteiger partial charge on any atom is -0.507 e. The summed E-state index contributed by atoms with van der Waals surface area (Å²) >= 11 is 0. The van der Waals surface area contributed by atoms with Crippen molar-refractivity contribution in [1.82, 2.24) is 4.98 Å². The van der Waals surface area contributed by atoms with Gasteiger partial charge in [0.25, 0.3) is 10.0 Å². The number of nitrogens with one attached hydrogen (secondary N) is 1. The molecule has 2 N–H and O–H groups in total. The Bertz CT molecular complexity index is 1290. The number of anilines is 1. The van der Waals surface area contributed by atoms with E-state index in [-0.39, 0.29) is 16.5 Å². The lowest BCUT2D eigenvalue weighted by molar-refractivity contribution is 0.481. The highest BCUT2D eigenvalue weighted by molar-refractivity contribution is 7.92. The molecule has 0 atom stereocenters. The summed E-state index contributed by atoms with van der Waals surface area (Å²) in [5.41, 5.74) is 1.10. The molecule has 0 unspecified atom stereocenters. The van der Waals surface area contributed by atoms with Crippen LogP contribution in [0.25, 0.3) is 10.8 Å². The van der Waals surface area contributed by atoms with Crippen LogP contribution in [0.5, 0.6) is 5.75 Å². The molecule has 0 spiro atoms. The Morgan fingerprint density at radius 2 is 1.52 bits per heavy atom. The number of fused-ring (bicyclic) bond motifs is 1. The maximum Gasteiger partial charge on any atom is 0.263 e. The first-order valence-electron chi connectivity index (χ1n) is 8.69. The molecule has 0 amide bonds. The highest BCUT2D eigenvalue weighted by Gasteiger charge is 2.14. The largest absolute Gasteiger partial charge is 0.507 e. The summed E-state index contributed by atoms with van der Waals surface area (Å²) in [7, 11) is -3.74. The number of azo groups is 1. The van der Waals surface area contributed by atoms with Crippen LogP contribution in [0.1, 0.15) is 0 Å². The van der Waals surface area contributed by atoms with E-state index in [9.17, 15) is 13.5 Å². The number of benzene rings is 3. The van der Waals surface area contributed by atoms with Gasteiger partial charge in [0.2, 0.25) is 0 Å². The van der Waals surface area contributed by atoms with E-state index in [1.807, 2.05) is 18.2 Å². The second-order valence-electron chi connectivity index (χ2n) is 6.16. The summed E-state index contributed by atoms with van der Waals surface area (Å²) in [6, 6.07) is 21.6. The summed E-state index contributed by atoms with van der Waals surface area (Å²) < 4.78 is 27.3. The molecule has 0 aliphatic rings. The molecule has 0 saturated carbocycles. The van der Waals surface area contributed by atoms with Gasteiger partial charge in [0.15, 0.2) is 0 Å². The smallest absolute Gasteiger partial charge is 0.263 e. The average Bonchev–Trinajstić information content (AvgIpc) is 2.74. The van der Waals surface area contributed by atoms with E-state index in [4.69, 9.17) is 0 Å². The van der Waals surface area contributed by atoms with Crippen molar-refractivity contribution in [2.45, 2.75) is 4.90 Å². The van der Waals surface area contributed by atoms with Crippen LogP contribution in [0.3, 0.4) is 0 Å². The van der Waals surface area contributed by atoms with Crippen LogP contribution in [0.4, 0.5) is 17.2 Å². The lowest BCUT2D eigenvalue weighted by Gasteiger charge is -2.07. The van der Waals surface area contributed by atoms with Gasteiger partial charge in [0.05, 0.1) is 16.3 Å². The zero-order valence-corrected chi connectivity index (χ0v) is 15.9. The highest BCUT2D eigenvalue weighted by atomic mass is 32.2. The summed E-state index contributed by atoms with van der Waals surface area (Å²) in [5.74, 6) is 0.421. The first-order chi connectivity index (χ1) is 14.0. The molecule has 0 bridgehead atoms. The Balaban J connectivity index is 1.57. The van der Waals surface area contributed by atoms with E-state index < -0.39 is 10.0 Å². The topological polar surface area (TPSA) is 104 Å². The van der Waals surface area contributed by atoms with Crippen LogP contribution < -0.4 is 4.72 Å². The third kappa shape index (κ3) is 4.07. The number of rotatable bonds is 5. The molecule has 3 aromatic carbocycles. The fourth-order valence-corrected chi connectivity index (χ4v) is 3.79. The quantitative estimate of drug-likeness (QED) is 0.448. The summed E-state index contributed by atoms with van der Waals surface area (Å²) in [5, 5.41) is 19.8. The molecule has 8 heteroatoms. The molecule has 0 aliphatic carbocycles. The molecule has 0 radical (unpaired) electrons. The Morgan fingerprint density at radius 3 is 2.24 bits per heavy atom. The van der Waals surface area contributed by atoms with Gasteiger partial charge in [-0.15, -0.1) is 5.11 Å². The van der Waals surface area contributed by atoms with Gasteiger partial charge < -0.3 is 5.11 Å². The van der Waals surface area contributed by atoms with E-state index in [1.54, 1.807) is 48.5 Å². The molecule has 29 heavy (non-hydrogen) atoms. The van der Waals surface area contributed by atoms with Crippen molar-refractivity contribution in [3.63, 3.8) is 0 Å². The van der Waals surface area contributed by atoms with Gasteiger partial charge in [-0.2, -0.15) is 5.11 Å². The molecule has 0 fully saturated rings. The Morgan fingerprint density at radius 1 is 0.793 bits per heavy atom. The van der Waals surface area contributed by atoms with Gasteiger partial charge in [0.1, 0.15) is 11.6 Å². The van der Waals surface area contributed by atoms with E-state index in [0.29, 0.717) is 16.8 Å². The molecule has 1 heterocycles. The lowest BCUT2D eigenvalue weighted by Crippen LogP contribution is -2.13. The SMILES string of the molecule is O=S(=O)(Nc1ccccn1)c1ccc(N=Nc2ccc(O)c3ccccc23)cc1. The van der Waals surface area contributed by atoms with Crippen LogP contribution in [-0.4, -0.2) is 18.5 Å². The molecule has 7 nitrogen and oxygen atoms in total. The van der Waals surface area contributed by atoms with Crippen LogP contribution in [0, 0.1) is 0 Å². The van der Waals surface area contributed by atoms with E-state index in [1.165, 1.54) is 18.3 Å². The van der Waals surface area contributed by atoms with Crippen molar-refractivity contribution in [2.75, 3.05) is 4.72 Å². The predicted octanol–water partition coefficient (Wildman–Crippen LogP) is 5.16. The number of hydrogen-bond donors (Lipinski definition) is 2. The van der Waals surface area contributed by atoms with Gasteiger partial charge in [-0.1, -0.05) is 30.3 Å². The second-order valence-corrected chi connectivity index (χ2v) is 7.85. The minimum absolute atomic E-state index is 0.0946. The fourth-order valence-electron chi connectivity index (χ4n) is 2.78. The van der Waals surface area contributed by atoms with Gasteiger partial charge in [0, 0.05) is 17.0 Å². The van der Waals surface area contributed by atoms with Gasteiger partial charge in [-0.25, -0.2) is 13.4 Å². The van der Waals surface area contributed by atoms with Crippen molar-refractivity contribution in [1.29, 1.82) is 0 Å². The van der Waals surface area contributed by atoms with Crippen LogP contribution in [-0.2, 0) is 10.0 Å². The Kier molecular flexibility index (Phi) is 4.92. The number of aromatic hydroxyl groups is 1. The van der Waals surface area contributed by atoms with Crippen molar-refractivity contribution in [3.05, 3.63) is 85.1 Å². The molecule has 0 saturated heterocycles. The molecular formula is C21H16N4O3S. The lowest BCUT2D eigenvalue weighted by atomic mass is 10.1. The standard InChI is InChI=1S/C21H16N4O3S/c26-20-13-12-19(17-5-1-2-6-18(17)20)24-23-15-8-10-16(11-9-15)29(27,28)25-21-7-3-4-14-22-21/h1-14,26H,(H,22,25). The molecule has 4 aromatic rings. The monoisotopic (exact) mass is 404 g/mol. The fraction of sp³-hybridized carbons (Fsp3) is 0. The Labute approximate surface area is 167 Å². The number of sulfonamides is 1. The molecule has 0 aliphatic heterocycles. The first kappa shape index (κ1) is 18.6. The van der Waals surface area contributed by atoms with Crippen molar-refractivity contribution >= 4 is 38.0 Å². The van der Waals surface area contributed by atoms with Gasteiger partial charge >= 0.3 is 0 Å². The molecular weight excluding hydrogens is 388 g/mol. The van der Waals surface area contributed by atoms with Gasteiger partial charge in [-0.05, 0) is 48.5 Å². The van der Waals surface area contributed by atoms with Crippen LogP contribution in [0.15, 0.2) is 100 Å². The number of nitrogens with zero attached hydrogens (tertiary/aromatic N) is 3. The van der Waals surface area contributed by atoms with Crippen molar-refractivity contribution in [3.8, 4) is 5.75 Å². The minimum atomic E-state index is -3.74. The third-order valence-corrected chi connectivity index (χ3v) is 5.57. The third-order valence-electron chi connectivity index (χ3n) is 4.20. The number of phenols is 1. The molecule has 1 aromatic heterocycles. The van der Waals surface area contributed by atoms with E-state index >= 15 is 0 Å². The zero-order valence-electron chi connectivity index (χ0n) is 15.1. The highest BCUT2D eigenvalue weighted by Crippen LogP contribution is 2.33.